The molecule has 0 aromatic heterocycles. The predicted molar refractivity (Wildman–Crippen MR) is 90.6 cm³/mol. The monoisotopic (exact) mass is 295 g/mol. The van der Waals surface area contributed by atoms with Crippen LogP contribution in [0.15, 0.2) is 0 Å². The van der Waals surface area contributed by atoms with Gasteiger partial charge in [-0.05, 0) is 71.8 Å². The van der Waals surface area contributed by atoms with Crippen molar-refractivity contribution in [1.29, 1.82) is 0 Å². The minimum Gasteiger partial charge on any atom is -0.369 e. The van der Waals surface area contributed by atoms with Crippen LogP contribution in [0.2, 0.25) is 0 Å². The van der Waals surface area contributed by atoms with Crippen LogP contribution in [0.4, 0.5) is 0 Å². The molecular formula is C19H37NO. The maximum absolute atomic E-state index is 6.39. The number of nitrogens with one attached hydrogen (secondary N) is 1. The van der Waals surface area contributed by atoms with Crippen molar-refractivity contribution >= 4 is 0 Å². The van der Waals surface area contributed by atoms with Crippen molar-refractivity contribution in [3.8, 4) is 0 Å². The Balaban J connectivity index is 2.15. The van der Waals surface area contributed by atoms with Gasteiger partial charge in [-0.25, -0.2) is 0 Å². The van der Waals surface area contributed by atoms with E-state index < -0.39 is 0 Å². The lowest BCUT2D eigenvalue weighted by molar-refractivity contribution is -0.0805. The third-order valence-corrected chi connectivity index (χ3v) is 5.69. The van der Waals surface area contributed by atoms with E-state index in [-0.39, 0.29) is 11.2 Å². The van der Waals surface area contributed by atoms with Crippen LogP contribution >= 0.6 is 0 Å². The topological polar surface area (TPSA) is 21.3 Å². The number of hydrogen-bond donors (Lipinski definition) is 1. The second kappa shape index (κ2) is 6.58. The number of hydrogen-bond acceptors (Lipinski definition) is 2. The van der Waals surface area contributed by atoms with Crippen LogP contribution in [0.25, 0.3) is 0 Å². The summed E-state index contributed by atoms with van der Waals surface area (Å²) >= 11 is 0. The fourth-order valence-corrected chi connectivity index (χ4v) is 4.92. The highest BCUT2D eigenvalue weighted by molar-refractivity contribution is 5.01. The summed E-state index contributed by atoms with van der Waals surface area (Å²) in [6, 6.07) is 0.629. The van der Waals surface area contributed by atoms with Crippen LogP contribution in [0.1, 0.15) is 80.1 Å². The normalized spacial score (nSPS) is 36.6. The van der Waals surface area contributed by atoms with Crippen LogP contribution in [0, 0.1) is 17.8 Å². The van der Waals surface area contributed by atoms with Gasteiger partial charge in [-0.3, -0.25) is 0 Å². The Labute approximate surface area is 132 Å². The highest BCUT2D eigenvalue weighted by atomic mass is 16.5. The third-order valence-electron chi connectivity index (χ3n) is 5.69. The molecule has 0 amide bonds. The van der Waals surface area contributed by atoms with Gasteiger partial charge in [0.05, 0.1) is 11.2 Å². The van der Waals surface area contributed by atoms with Gasteiger partial charge in [0.15, 0.2) is 0 Å². The molecular weight excluding hydrogens is 258 g/mol. The van der Waals surface area contributed by atoms with Gasteiger partial charge in [0, 0.05) is 12.0 Å². The van der Waals surface area contributed by atoms with Crippen molar-refractivity contribution in [1.82, 2.24) is 5.32 Å². The highest BCUT2D eigenvalue weighted by Gasteiger charge is 2.50. The molecule has 2 aliphatic rings. The van der Waals surface area contributed by atoms with Crippen LogP contribution < -0.4 is 5.32 Å². The first-order valence-electron chi connectivity index (χ1n) is 9.19. The molecule has 2 fully saturated rings. The smallest absolute Gasteiger partial charge is 0.0677 e. The van der Waals surface area contributed by atoms with Crippen LogP contribution in [0.5, 0.6) is 0 Å². The maximum Gasteiger partial charge on any atom is 0.0677 e. The molecule has 2 heteroatoms. The Kier molecular flexibility index (Phi) is 5.41. The summed E-state index contributed by atoms with van der Waals surface area (Å²) in [6.45, 7) is 15.0. The molecule has 2 rings (SSSR count). The molecule has 1 aliphatic heterocycles. The molecule has 1 heterocycles. The first kappa shape index (κ1) is 17.3. The zero-order valence-corrected chi connectivity index (χ0v) is 15.2. The quantitative estimate of drug-likeness (QED) is 0.788. The maximum atomic E-state index is 6.39. The minimum atomic E-state index is -0.00437. The van der Waals surface area contributed by atoms with Crippen molar-refractivity contribution in [3.63, 3.8) is 0 Å². The van der Waals surface area contributed by atoms with E-state index in [0.717, 1.165) is 18.4 Å². The molecule has 0 aromatic carbocycles. The van der Waals surface area contributed by atoms with Crippen molar-refractivity contribution in [2.75, 3.05) is 6.54 Å². The standard InChI is InChI=1S/C19H37NO/c1-7-11-20-17(15-10-8-9-14(2)12-15)16-13-18(3,4)21-19(16,5)6/h14-17,20H,7-13H2,1-6H3. The van der Waals surface area contributed by atoms with Crippen LogP contribution in [0.3, 0.4) is 0 Å². The van der Waals surface area contributed by atoms with Crippen molar-refractivity contribution in [3.05, 3.63) is 0 Å². The SMILES string of the molecule is CCCNC(C1CCCC(C)C1)C1CC(C)(C)OC1(C)C. The van der Waals surface area contributed by atoms with Gasteiger partial charge in [-0.2, -0.15) is 0 Å². The zero-order valence-electron chi connectivity index (χ0n) is 15.2. The van der Waals surface area contributed by atoms with Gasteiger partial charge in [0.1, 0.15) is 0 Å². The molecule has 2 nitrogen and oxygen atoms in total. The third kappa shape index (κ3) is 4.22. The van der Waals surface area contributed by atoms with Crippen LogP contribution in [-0.4, -0.2) is 23.8 Å². The molecule has 1 aliphatic carbocycles. The number of ether oxygens (including phenoxy) is 1. The zero-order chi connectivity index (χ0) is 15.7. The fraction of sp³-hybridized carbons (Fsp3) is 1.00. The minimum absolute atomic E-state index is 0.00437. The molecule has 4 unspecified atom stereocenters. The molecule has 1 saturated carbocycles. The fourth-order valence-electron chi connectivity index (χ4n) is 4.92. The molecule has 0 bridgehead atoms. The largest absolute Gasteiger partial charge is 0.369 e. The molecule has 124 valence electrons. The van der Waals surface area contributed by atoms with Gasteiger partial charge in [0.2, 0.25) is 0 Å². The van der Waals surface area contributed by atoms with Gasteiger partial charge >= 0.3 is 0 Å². The molecule has 0 spiro atoms. The molecule has 0 aromatic rings. The average molecular weight is 296 g/mol. The Morgan fingerprint density at radius 1 is 1.19 bits per heavy atom. The Morgan fingerprint density at radius 2 is 1.90 bits per heavy atom. The van der Waals surface area contributed by atoms with E-state index in [4.69, 9.17) is 4.74 Å². The van der Waals surface area contributed by atoms with E-state index in [9.17, 15) is 0 Å². The summed E-state index contributed by atoms with van der Waals surface area (Å²) in [5.74, 6) is 2.37. The molecule has 21 heavy (non-hydrogen) atoms. The Hall–Kier alpha value is -0.0800. The summed E-state index contributed by atoms with van der Waals surface area (Å²) in [6.07, 6.45) is 8.04. The van der Waals surface area contributed by atoms with Gasteiger partial charge in [-0.1, -0.05) is 26.7 Å². The molecule has 4 atom stereocenters. The van der Waals surface area contributed by atoms with E-state index in [1.165, 1.54) is 38.5 Å². The Morgan fingerprint density at radius 3 is 2.43 bits per heavy atom. The lowest BCUT2D eigenvalue weighted by Crippen LogP contribution is -2.49. The molecule has 0 radical (unpaired) electrons. The van der Waals surface area contributed by atoms with Crippen molar-refractivity contribution < 1.29 is 4.74 Å². The van der Waals surface area contributed by atoms with E-state index in [2.05, 4.69) is 46.9 Å². The molecule has 1 N–H and O–H groups in total. The second-order valence-electron chi connectivity index (χ2n) is 8.79. The van der Waals surface area contributed by atoms with E-state index in [0.29, 0.717) is 12.0 Å². The number of rotatable bonds is 5. The summed E-state index contributed by atoms with van der Waals surface area (Å²) in [4.78, 5) is 0. The summed E-state index contributed by atoms with van der Waals surface area (Å²) < 4.78 is 6.39. The summed E-state index contributed by atoms with van der Waals surface area (Å²) in [7, 11) is 0. The lowest BCUT2D eigenvalue weighted by atomic mass is 9.70. The first-order chi connectivity index (χ1) is 9.75. The van der Waals surface area contributed by atoms with Crippen molar-refractivity contribution in [2.45, 2.75) is 97.3 Å². The van der Waals surface area contributed by atoms with Crippen molar-refractivity contribution in [2.24, 2.45) is 17.8 Å². The highest BCUT2D eigenvalue weighted by Crippen LogP contribution is 2.47. The van der Waals surface area contributed by atoms with E-state index >= 15 is 0 Å². The predicted octanol–water partition coefficient (Wildman–Crippen LogP) is 4.77. The molecule has 1 saturated heterocycles. The van der Waals surface area contributed by atoms with Gasteiger partial charge in [0.25, 0.3) is 0 Å². The first-order valence-corrected chi connectivity index (χ1v) is 9.19. The summed E-state index contributed by atoms with van der Waals surface area (Å²) in [5, 5.41) is 3.92. The van der Waals surface area contributed by atoms with Crippen LogP contribution in [-0.2, 0) is 4.74 Å². The lowest BCUT2D eigenvalue weighted by Gasteiger charge is -2.41. The Bertz CT molecular complexity index is 336. The summed E-state index contributed by atoms with van der Waals surface area (Å²) in [5.41, 5.74) is 0.0240. The van der Waals surface area contributed by atoms with E-state index in [1.54, 1.807) is 0 Å². The van der Waals surface area contributed by atoms with Gasteiger partial charge < -0.3 is 10.1 Å². The van der Waals surface area contributed by atoms with E-state index in [1.807, 2.05) is 0 Å². The second-order valence-corrected chi connectivity index (χ2v) is 8.79. The van der Waals surface area contributed by atoms with Gasteiger partial charge in [-0.15, -0.1) is 0 Å². The average Bonchev–Trinajstić information content (AvgIpc) is 2.58.